The molecule has 2 rings (SSSR count). The fraction of sp³-hybridized carbons (Fsp3) is 0.294. The summed E-state index contributed by atoms with van der Waals surface area (Å²) in [6, 6.07) is 16.1. The van der Waals surface area contributed by atoms with Crippen LogP contribution in [-0.4, -0.2) is 18.5 Å². The minimum atomic E-state index is 0.0364. The van der Waals surface area contributed by atoms with Crippen LogP contribution in [0.25, 0.3) is 0 Å². The van der Waals surface area contributed by atoms with Gasteiger partial charge in [0.25, 0.3) is 0 Å². The Morgan fingerprint density at radius 1 is 1.14 bits per heavy atom. The third-order valence-electron chi connectivity index (χ3n) is 3.52. The van der Waals surface area contributed by atoms with E-state index in [-0.39, 0.29) is 6.04 Å². The molecule has 0 aliphatic carbocycles. The number of hydrogen-bond donors (Lipinski definition) is 1. The van der Waals surface area contributed by atoms with Crippen molar-refractivity contribution in [3.63, 3.8) is 0 Å². The van der Waals surface area contributed by atoms with Crippen LogP contribution >= 0.6 is 27.5 Å². The Kier molecular flexibility index (Phi) is 6.24. The summed E-state index contributed by atoms with van der Waals surface area (Å²) in [6.45, 7) is 1.76. The predicted molar refractivity (Wildman–Crippen MR) is 93.5 cm³/mol. The van der Waals surface area contributed by atoms with E-state index in [1.54, 1.807) is 0 Å². The van der Waals surface area contributed by atoms with E-state index in [0.717, 1.165) is 40.1 Å². The highest BCUT2D eigenvalue weighted by molar-refractivity contribution is 9.10. The van der Waals surface area contributed by atoms with Crippen molar-refractivity contribution in [1.82, 2.24) is 4.90 Å². The standard InChI is InChI=1S/C17H20BrClN2/c1-21(12-13-6-2-5-9-16(13)19)11-10-17(20)14-7-3-4-8-15(14)18/h2-9,17H,10-12,20H2,1H3. The first-order valence-corrected chi connectivity index (χ1v) is 8.17. The van der Waals surface area contributed by atoms with Crippen LogP contribution in [0.3, 0.4) is 0 Å². The van der Waals surface area contributed by atoms with Crippen molar-refractivity contribution in [3.8, 4) is 0 Å². The van der Waals surface area contributed by atoms with Crippen LogP contribution in [0.5, 0.6) is 0 Å². The van der Waals surface area contributed by atoms with Gasteiger partial charge >= 0.3 is 0 Å². The maximum absolute atomic E-state index is 6.28. The summed E-state index contributed by atoms with van der Waals surface area (Å²) < 4.78 is 1.08. The molecule has 0 amide bonds. The highest BCUT2D eigenvalue weighted by atomic mass is 79.9. The van der Waals surface area contributed by atoms with Crippen LogP contribution in [0.1, 0.15) is 23.6 Å². The average molecular weight is 368 g/mol. The van der Waals surface area contributed by atoms with Gasteiger partial charge in [-0.05, 0) is 43.3 Å². The third-order valence-corrected chi connectivity index (χ3v) is 4.62. The molecule has 21 heavy (non-hydrogen) atoms. The molecule has 0 saturated heterocycles. The summed E-state index contributed by atoms with van der Waals surface area (Å²) in [6.07, 6.45) is 0.906. The highest BCUT2D eigenvalue weighted by Crippen LogP contribution is 2.24. The molecule has 2 aromatic carbocycles. The molecule has 2 N–H and O–H groups in total. The summed E-state index contributed by atoms with van der Waals surface area (Å²) in [5.74, 6) is 0. The topological polar surface area (TPSA) is 29.3 Å². The first-order valence-electron chi connectivity index (χ1n) is 7.00. The van der Waals surface area contributed by atoms with Crippen molar-refractivity contribution < 1.29 is 0 Å². The van der Waals surface area contributed by atoms with Crippen LogP contribution in [-0.2, 0) is 6.54 Å². The lowest BCUT2D eigenvalue weighted by Gasteiger charge is -2.20. The number of hydrogen-bond acceptors (Lipinski definition) is 2. The highest BCUT2D eigenvalue weighted by Gasteiger charge is 2.11. The SMILES string of the molecule is CN(CCC(N)c1ccccc1Br)Cc1ccccc1Cl. The molecule has 112 valence electrons. The van der Waals surface area contributed by atoms with Crippen LogP contribution in [0.2, 0.25) is 5.02 Å². The van der Waals surface area contributed by atoms with Crippen molar-refractivity contribution >= 4 is 27.5 Å². The zero-order valence-electron chi connectivity index (χ0n) is 12.1. The summed E-state index contributed by atoms with van der Waals surface area (Å²) in [4.78, 5) is 2.25. The second-order valence-corrected chi connectivity index (χ2v) is 6.51. The normalized spacial score (nSPS) is 12.6. The maximum Gasteiger partial charge on any atom is 0.0451 e. The molecule has 0 aliphatic rings. The summed E-state index contributed by atoms with van der Waals surface area (Å²) in [7, 11) is 2.09. The van der Waals surface area contributed by atoms with Crippen molar-refractivity contribution in [3.05, 3.63) is 69.2 Å². The van der Waals surface area contributed by atoms with Gasteiger partial charge in [0.15, 0.2) is 0 Å². The summed E-state index contributed by atoms with van der Waals surface area (Å²) in [5.41, 5.74) is 8.59. The smallest absolute Gasteiger partial charge is 0.0451 e. The van der Waals surface area contributed by atoms with E-state index in [0.29, 0.717) is 0 Å². The molecular weight excluding hydrogens is 348 g/mol. The van der Waals surface area contributed by atoms with E-state index < -0.39 is 0 Å². The van der Waals surface area contributed by atoms with Gasteiger partial charge in [-0.1, -0.05) is 63.9 Å². The van der Waals surface area contributed by atoms with Gasteiger partial charge in [-0.2, -0.15) is 0 Å². The Morgan fingerprint density at radius 2 is 1.81 bits per heavy atom. The largest absolute Gasteiger partial charge is 0.324 e. The van der Waals surface area contributed by atoms with E-state index in [1.807, 2.05) is 36.4 Å². The predicted octanol–water partition coefficient (Wildman–Crippen LogP) is 4.62. The molecule has 0 saturated carbocycles. The van der Waals surface area contributed by atoms with Crippen LogP contribution in [0, 0.1) is 0 Å². The van der Waals surface area contributed by atoms with Crippen molar-refractivity contribution in [2.75, 3.05) is 13.6 Å². The van der Waals surface area contributed by atoms with Crippen LogP contribution in [0.4, 0.5) is 0 Å². The zero-order valence-corrected chi connectivity index (χ0v) is 14.4. The molecule has 0 aromatic heterocycles. The van der Waals surface area contributed by atoms with Crippen molar-refractivity contribution in [1.29, 1.82) is 0 Å². The molecule has 0 bridgehead atoms. The Morgan fingerprint density at radius 3 is 2.52 bits per heavy atom. The molecule has 2 nitrogen and oxygen atoms in total. The van der Waals surface area contributed by atoms with Gasteiger partial charge in [-0.25, -0.2) is 0 Å². The van der Waals surface area contributed by atoms with Crippen LogP contribution < -0.4 is 5.73 Å². The van der Waals surface area contributed by atoms with E-state index in [1.165, 1.54) is 0 Å². The van der Waals surface area contributed by atoms with Crippen molar-refractivity contribution in [2.24, 2.45) is 5.73 Å². The Hall–Kier alpha value is -0.870. The molecule has 2 aromatic rings. The number of nitrogens with two attached hydrogens (primary N) is 1. The maximum atomic E-state index is 6.28. The summed E-state index contributed by atoms with van der Waals surface area (Å²) in [5, 5.41) is 0.819. The molecule has 1 unspecified atom stereocenters. The first-order chi connectivity index (χ1) is 10.1. The van der Waals surface area contributed by atoms with Gasteiger partial charge in [-0.3, -0.25) is 0 Å². The molecule has 0 aliphatic heterocycles. The van der Waals surface area contributed by atoms with Gasteiger partial charge in [0.1, 0.15) is 0 Å². The minimum absolute atomic E-state index is 0.0364. The second kappa shape index (κ2) is 7.95. The molecule has 0 fully saturated rings. The lowest BCUT2D eigenvalue weighted by molar-refractivity contribution is 0.311. The van der Waals surface area contributed by atoms with Gasteiger partial charge in [-0.15, -0.1) is 0 Å². The molecule has 0 radical (unpaired) electrons. The monoisotopic (exact) mass is 366 g/mol. The van der Waals surface area contributed by atoms with E-state index in [9.17, 15) is 0 Å². The average Bonchev–Trinajstić information content (AvgIpc) is 2.48. The van der Waals surface area contributed by atoms with E-state index >= 15 is 0 Å². The lowest BCUT2D eigenvalue weighted by atomic mass is 10.0. The van der Waals surface area contributed by atoms with Crippen LogP contribution in [0.15, 0.2) is 53.0 Å². The number of halogens is 2. The fourth-order valence-corrected chi connectivity index (χ4v) is 3.06. The minimum Gasteiger partial charge on any atom is -0.324 e. The summed E-state index contributed by atoms with van der Waals surface area (Å²) >= 11 is 9.75. The molecule has 1 atom stereocenters. The number of rotatable bonds is 6. The molecular formula is C17H20BrClN2. The Bertz CT molecular complexity index is 589. The van der Waals surface area contributed by atoms with Gasteiger partial charge in [0, 0.05) is 22.1 Å². The third kappa shape index (κ3) is 4.82. The Balaban J connectivity index is 1.88. The second-order valence-electron chi connectivity index (χ2n) is 5.25. The van der Waals surface area contributed by atoms with E-state index in [2.05, 4.69) is 40.0 Å². The van der Waals surface area contributed by atoms with E-state index in [4.69, 9.17) is 17.3 Å². The first kappa shape index (κ1) is 16.5. The molecule has 0 heterocycles. The molecule has 4 heteroatoms. The number of benzene rings is 2. The zero-order chi connectivity index (χ0) is 15.2. The quantitative estimate of drug-likeness (QED) is 0.807. The van der Waals surface area contributed by atoms with Crippen molar-refractivity contribution in [2.45, 2.75) is 19.0 Å². The fourth-order valence-electron chi connectivity index (χ4n) is 2.29. The number of nitrogens with zero attached hydrogens (tertiary/aromatic N) is 1. The van der Waals surface area contributed by atoms with Gasteiger partial charge in [0.2, 0.25) is 0 Å². The lowest BCUT2D eigenvalue weighted by Crippen LogP contribution is -2.23. The van der Waals surface area contributed by atoms with Gasteiger partial charge < -0.3 is 10.6 Å². The van der Waals surface area contributed by atoms with Gasteiger partial charge in [0.05, 0.1) is 0 Å². The molecule has 0 spiro atoms. The Labute approximate surface area is 140 Å².